The molecule has 0 unspecified atom stereocenters. The van der Waals surface area contributed by atoms with Crippen LogP contribution in [0.3, 0.4) is 0 Å². The summed E-state index contributed by atoms with van der Waals surface area (Å²) in [5, 5.41) is 11.7. The van der Waals surface area contributed by atoms with Crippen LogP contribution in [0, 0.1) is 0 Å². The van der Waals surface area contributed by atoms with Crippen LogP contribution in [0.4, 0.5) is 0 Å². The van der Waals surface area contributed by atoms with Crippen LogP contribution in [0.25, 0.3) is 233 Å². The Morgan fingerprint density at radius 3 is 0.635 bits per heavy atom. The van der Waals surface area contributed by atoms with E-state index in [1.54, 1.807) is 0 Å². The lowest BCUT2D eigenvalue weighted by Crippen LogP contribution is -1.97. The second-order valence-corrected chi connectivity index (χ2v) is 31.9. The third kappa shape index (κ3) is 14.9. The van der Waals surface area contributed by atoms with E-state index in [4.69, 9.17) is 29.9 Å². The van der Waals surface area contributed by atoms with E-state index >= 15 is 0 Å². The molecule has 0 spiro atoms. The topological polar surface area (TPSA) is 77.3 Å². The quantitative estimate of drug-likeness (QED) is 0.0952. The van der Waals surface area contributed by atoms with Crippen molar-refractivity contribution in [2.75, 3.05) is 0 Å². The average molecular weight is 1600 g/mol. The van der Waals surface area contributed by atoms with Crippen LogP contribution >= 0.6 is 0 Å². The SMILES string of the molecule is c1ccc(-c2ccc(-c3cc(-c4ccc(-c5ccccc5)cc4)nc(-c4ccc(-c5ccc(-c6cc(-c7ccccc7)c7c(ccc8ccccc87)n6)cc5)c5ccccc45)n3)cc2)cc1.c1ccc(-c2ccc(-c3cc(-c4ccccc4)nc(-c4ccc(-c5ccc(-c6cc(-c7ccccc7)c7c(ccc8ccccc87)n6)cc5)c5ccccc45)n3)cc2)cc1. The van der Waals surface area contributed by atoms with E-state index in [0.29, 0.717) is 11.6 Å². The first-order chi connectivity index (χ1) is 62.4. The third-order valence-electron chi connectivity index (χ3n) is 24.3. The Morgan fingerprint density at radius 1 is 0.119 bits per heavy atom. The fourth-order valence-corrected chi connectivity index (χ4v) is 17.9. The Labute approximate surface area is 731 Å². The summed E-state index contributed by atoms with van der Waals surface area (Å²) in [6.07, 6.45) is 0. The first-order valence-electron chi connectivity index (χ1n) is 42.8. The van der Waals surface area contributed by atoms with Crippen molar-refractivity contribution in [1.29, 1.82) is 0 Å². The van der Waals surface area contributed by atoms with Gasteiger partial charge in [0.2, 0.25) is 0 Å². The summed E-state index contributed by atoms with van der Waals surface area (Å²) in [6, 6.07) is 167. The molecule has 23 rings (SSSR count). The molecular formula is C120H78N6. The molecule has 6 heteroatoms. The van der Waals surface area contributed by atoms with Gasteiger partial charge in [-0.05, 0) is 170 Å². The number of hydrogen-bond donors (Lipinski definition) is 0. The molecule has 0 aliphatic heterocycles. The van der Waals surface area contributed by atoms with Gasteiger partial charge in [-0.25, -0.2) is 29.9 Å². The van der Waals surface area contributed by atoms with E-state index in [9.17, 15) is 0 Å². The van der Waals surface area contributed by atoms with Crippen LogP contribution < -0.4 is 0 Å². The van der Waals surface area contributed by atoms with E-state index in [-0.39, 0.29) is 0 Å². The Morgan fingerprint density at radius 2 is 0.325 bits per heavy atom. The Bertz CT molecular complexity index is 7870. The largest absolute Gasteiger partial charge is 0.248 e. The van der Waals surface area contributed by atoms with E-state index in [1.807, 2.05) is 24.3 Å². The van der Waals surface area contributed by atoms with Gasteiger partial charge >= 0.3 is 0 Å². The van der Waals surface area contributed by atoms with Gasteiger partial charge < -0.3 is 0 Å². The predicted molar refractivity (Wildman–Crippen MR) is 526 cm³/mol. The first kappa shape index (κ1) is 75.4. The lowest BCUT2D eigenvalue weighted by atomic mass is 9.92. The molecule has 19 aromatic carbocycles. The fraction of sp³-hybridized carbons (Fsp3) is 0. The Hall–Kier alpha value is -16.8. The molecule has 0 aliphatic rings. The van der Waals surface area contributed by atoms with Gasteiger partial charge in [0, 0.05) is 55.3 Å². The van der Waals surface area contributed by atoms with Crippen molar-refractivity contribution >= 4 is 64.9 Å². The van der Waals surface area contributed by atoms with Gasteiger partial charge in [0.1, 0.15) is 0 Å². The third-order valence-corrected chi connectivity index (χ3v) is 24.3. The zero-order valence-corrected chi connectivity index (χ0v) is 68.7. The summed E-state index contributed by atoms with van der Waals surface area (Å²) in [7, 11) is 0. The molecule has 0 aliphatic carbocycles. The van der Waals surface area contributed by atoms with E-state index < -0.39 is 0 Å². The molecule has 0 N–H and O–H groups in total. The van der Waals surface area contributed by atoms with Crippen molar-refractivity contribution in [3.8, 4) is 168 Å². The maximum atomic E-state index is 5.31. The maximum absolute atomic E-state index is 5.31. The fourth-order valence-electron chi connectivity index (χ4n) is 17.9. The monoisotopic (exact) mass is 1600 g/mol. The summed E-state index contributed by atoms with van der Waals surface area (Å²) in [5.41, 5.74) is 32.0. The molecule has 0 bridgehead atoms. The molecule has 0 saturated carbocycles. The zero-order valence-electron chi connectivity index (χ0n) is 68.7. The summed E-state index contributed by atoms with van der Waals surface area (Å²) in [4.78, 5) is 31.6. The molecular weight excluding hydrogens is 1530 g/mol. The van der Waals surface area contributed by atoms with Gasteiger partial charge in [0.25, 0.3) is 0 Å². The van der Waals surface area contributed by atoms with Crippen LogP contribution in [0.5, 0.6) is 0 Å². The molecule has 4 heterocycles. The van der Waals surface area contributed by atoms with Crippen molar-refractivity contribution < 1.29 is 0 Å². The maximum Gasteiger partial charge on any atom is 0.161 e. The highest BCUT2D eigenvalue weighted by molar-refractivity contribution is 6.16. The smallest absolute Gasteiger partial charge is 0.161 e. The lowest BCUT2D eigenvalue weighted by Gasteiger charge is -2.15. The number of benzene rings is 19. The van der Waals surface area contributed by atoms with Crippen molar-refractivity contribution in [2.24, 2.45) is 0 Å². The number of nitrogens with zero attached hydrogens (tertiary/aromatic N) is 6. The molecule has 6 nitrogen and oxygen atoms in total. The second kappa shape index (κ2) is 33.3. The summed E-state index contributed by atoms with van der Waals surface area (Å²) >= 11 is 0. The summed E-state index contributed by atoms with van der Waals surface area (Å²) in [5.74, 6) is 1.38. The average Bonchev–Trinajstić information content (AvgIpc) is 0.772. The minimum Gasteiger partial charge on any atom is -0.248 e. The number of pyridine rings is 2. The van der Waals surface area contributed by atoms with E-state index in [0.717, 1.165) is 134 Å². The zero-order chi connectivity index (χ0) is 83.6. The normalized spacial score (nSPS) is 11.3. The molecule has 0 fully saturated rings. The van der Waals surface area contributed by atoms with Crippen molar-refractivity contribution in [3.63, 3.8) is 0 Å². The first-order valence-corrected chi connectivity index (χ1v) is 42.8. The van der Waals surface area contributed by atoms with Crippen molar-refractivity contribution in [1.82, 2.24) is 29.9 Å². The number of fused-ring (bicyclic) bond motifs is 8. The Kier molecular flexibility index (Phi) is 19.9. The number of hydrogen-bond acceptors (Lipinski definition) is 6. The van der Waals surface area contributed by atoms with Crippen LogP contribution in [0.1, 0.15) is 0 Å². The summed E-state index contributed by atoms with van der Waals surface area (Å²) in [6.45, 7) is 0. The molecule has 126 heavy (non-hydrogen) atoms. The van der Waals surface area contributed by atoms with Crippen LogP contribution in [0.15, 0.2) is 473 Å². The van der Waals surface area contributed by atoms with Crippen LogP contribution in [-0.4, -0.2) is 29.9 Å². The minimum absolute atomic E-state index is 0.684. The van der Waals surface area contributed by atoms with Gasteiger partial charge in [-0.2, -0.15) is 0 Å². The lowest BCUT2D eigenvalue weighted by molar-refractivity contribution is 1.19. The second-order valence-electron chi connectivity index (χ2n) is 31.9. The van der Waals surface area contributed by atoms with Gasteiger partial charge in [-0.3, -0.25) is 0 Å². The van der Waals surface area contributed by atoms with Gasteiger partial charge in [-0.15, -0.1) is 0 Å². The molecule has 23 aromatic rings. The minimum atomic E-state index is 0.684. The molecule has 4 aromatic heterocycles. The summed E-state index contributed by atoms with van der Waals surface area (Å²) < 4.78 is 0. The highest BCUT2D eigenvalue weighted by Crippen LogP contribution is 2.44. The molecule has 588 valence electrons. The van der Waals surface area contributed by atoms with Gasteiger partial charge in [0.15, 0.2) is 11.6 Å². The van der Waals surface area contributed by atoms with Crippen molar-refractivity contribution in [3.05, 3.63) is 473 Å². The highest BCUT2D eigenvalue weighted by atomic mass is 14.9. The molecule has 0 saturated heterocycles. The molecule has 0 radical (unpaired) electrons. The standard InChI is InChI=1S/C63H41N3.C57H37N3/c1-4-14-42(15-5-1)44-24-30-50(31-25-44)60-41-61(51-32-26-45(27-33-51)43-16-6-2-7-17-43)66-63(65-60)56-38-37-52(54-22-12-13-23-55(54)56)48-28-34-49(35-29-48)59-40-57(46-18-8-3-9-19-46)62-53-21-11-10-20-47(53)36-39-58(62)64-59;1-4-14-38(15-5-1)39-24-28-45(29-25-39)55-37-54(43-19-8-3-9-20-43)59-57(60-55)50-34-33-46(48-22-12-13-23-49(48)50)42-26-30-44(31-27-42)53-36-51(40-16-6-2-7-17-40)56-47-21-11-10-18-41(47)32-35-52(56)58-53/h1-41H;1-37H. The number of rotatable bonds is 15. The van der Waals surface area contributed by atoms with E-state index in [1.165, 1.54) is 88.0 Å². The van der Waals surface area contributed by atoms with Crippen LogP contribution in [0.2, 0.25) is 0 Å². The van der Waals surface area contributed by atoms with Gasteiger partial charge in [-0.1, -0.05) is 425 Å². The highest BCUT2D eigenvalue weighted by Gasteiger charge is 2.22. The Balaban J connectivity index is 0.000000150. The predicted octanol–water partition coefficient (Wildman–Crippen LogP) is 31.7. The molecule has 0 atom stereocenters. The van der Waals surface area contributed by atoms with Crippen molar-refractivity contribution in [2.45, 2.75) is 0 Å². The van der Waals surface area contributed by atoms with Crippen LogP contribution in [-0.2, 0) is 0 Å². The number of aromatic nitrogens is 6. The van der Waals surface area contributed by atoms with E-state index in [2.05, 4.69) is 449 Å². The van der Waals surface area contributed by atoms with Gasteiger partial charge in [0.05, 0.1) is 45.2 Å². The molecule has 0 amide bonds.